The topological polar surface area (TPSA) is 26.3 Å². The minimum Gasteiger partial charge on any atom is -0.482 e. The SMILES string of the molecule is O=C(COc1ccc(Br)cc1F)c1sccc1Br. The number of thiophene rings is 1. The first kappa shape index (κ1) is 13.7. The quantitative estimate of drug-likeness (QED) is 0.705. The molecule has 2 nitrogen and oxygen atoms in total. The molecule has 0 N–H and O–H groups in total. The molecule has 0 saturated carbocycles. The number of Topliss-reactive ketones (excluding diaryl/α,β-unsaturated/α-hetero) is 1. The number of halogens is 3. The third-order valence-electron chi connectivity index (χ3n) is 2.12. The van der Waals surface area contributed by atoms with Gasteiger partial charge in [0.2, 0.25) is 5.78 Å². The third-order valence-corrected chi connectivity index (χ3v) is 4.50. The van der Waals surface area contributed by atoms with Crippen molar-refractivity contribution >= 4 is 49.0 Å². The van der Waals surface area contributed by atoms with Crippen LogP contribution in [0.5, 0.6) is 5.75 Å². The van der Waals surface area contributed by atoms with E-state index in [9.17, 15) is 9.18 Å². The largest absolute Gasteiger partial charge is 0.482 e. The van der Waals surface area contributed by atoms with Gasteiger partial charge in [-0.2, -0.15) is 0 Å². The van der Waals surface area contributed by atoms with Crippen LogP contribution in [0.25, 0.3) is 0 Å². The maximum absolute atomic E-state index is 13.4. The van der Waals surface area contributed by atoms with Crippen LogP contribution in [-0.2, 0) is 0 Å². The molecule has 0 atom stereocenters. The lowest BCUT2D eigenvalue weighted by Crippen LogP contribution is -2.11. The van der Waals surface area contributed by atoms with Crippen molar-refractivity contribution in [2.45, 2.75) is 0 Å². The van der Waals surface area contributed by atoms with Crippen LogP contribution in [-0.4, -0.2) is 12.4 Å². The number of hydrogen-bond acceptors (Lipinski definition) is 3. The molecule has 1 aromatic heterocycles. The van der Waals surface area contributed by atoms with Crippen molar-refractivity contribution in [1.29, 1.82) is 0 Å². The van der Waals surface area contributed by atoms with Crippen molar-refractivity contribution in [2.24, 2.45) is 0 Å². The van der Waals surface area contributed by atoms with Gasteiger partial charge in [0.05, 0.1) is 4.88 Å². The number of rotatable bonds is 4. The molecule has 2 rings (SSSR count). The van der Waals surface area contributed by atoms with E-state index in [0.717, 1.165) is 4.47 Å². The number of benzene rings is 1. The number of ketones is 1. The lowest BCUT2D eigenvalue weighted by Gasteiger charge is -2.06. The van der Waals surface area contributed by atoms with E-state index in [1.54, 1.807) is 17.5 Å². The highest BCUT2D eigenvalue weighted by molar-refractivity contribution is 9.10. The highest BCUT2D eigenvalue weighted by Gasteiger charge is 2.13. The predicted octanol–water partition coefficient (Wildman–Crippen LogP) is 4.67. The Labute approximate surface area is 124 Å². The Bertz CT molecular complexity index is 583. The maximum atomic E-state index is 13.4. The average molecular weight is 394 g/mol. The van der Waals surface area contributed by atoms with Gasteiger partial charge in [-0.25, -0.2) is 4.39 Å². The van der Waals surface area contributed by atoms with Crippen molar-refractivity contribution in [1.82, 2.24) is 0 Å². The Balaban J connectivity index is 2.04. The minimum atomic E-state index is -0.498. The van der Waals surface area contributed by atoms with E-state index in [2.05, 4.69) is 31.9 Å². The molecule has 0 bridgehead atoms. The van der Waals surface area contributed by atoms with Crippen molar-refractivity contribution < 1.29 is 13.9 Å². The number of carbonyl (C=O) groups excluding carboxylic acids is 1. The fourth-order valence-corrected chi connectivity index (χ4v) is 3.15. The van der Waals surface area contributed by atoms with E-state index in [4.69, 9.17) is 4.74 Å². The van der Waals surface area contributed by atoms with Gasteiger partial charge in [0.15, 0.2) is 18.2 Å². The van der Waals surface area contributed by atoms with Gasteiger partial charge in [-0.3, -0.25) is 4.79 Å². The number of carbonyl (C=O) groups is 1. The van der Waals surface area contributed by atoms with E-state index < -0.39 is 5.82 Å². The molecule has 6 heteroatoms. The van der Waals surface area contributed by atoms with Crippen molar-refractivity contribution in [3.63, 3.8) is 0 Å². The zero-order valence-corrected chi connectivity index (χ0v) is 12.9. The molecule has 0 unspecified atom stereocenters. The second-order valence-electron chi connectivity index (χ2n) is 3.38. The van der Waals surface area contributed by atoms with Crippen LogP contribution in [0.2, 0.25) is 0 Å². The van der Waals surface area contributed by atoms with Crippen molar-refractivity contribution in [3.8, 4) is 5.75 Å². The summed E-state index contributed by atoms with van der Waals surface area (Å²) in [6.45, 7) is -0.183. The standard InChI is InChI=1S/C12H7Br2FO2S/c13-7-1-2-11(9(15)5-7)17-6-10(16)12-8(14)3-4-18-12/h1-5H,6H2. The molecule has 94 valence electrons. The van der Waals surface area contributed by atoms with Crippen LogP contribution in [0.4, 0.5) is 4.39 Å². The molecule has 0 amide bonds. The zero-order valence-electron chi connectivity index (χ0n) is 8.95. The lowest BCUT2D eigenvalue weighted by atomic mass is 10.3. The first-order chi connectivity index (χ1) is 8.58. The molecule has 0 aliphatic carbocycles. The van der Waals surface area contributed by atoms with Crippen LogP contribution in [0, 0.1) is 5.82 Å². The summed E-state index contributed by atoms with van der Waals surface area (Å²) < 4.78 is 20.0. The van der Waals surface area contributed by atoms with E-state index in [0.29, 0.717) is 9.35 Å². The predicted molar refractivity (Wildman–Crippen MR) is 75.9 cm³/mol. The van der Waals surface area contributed by atoms with E-state index in [-0.39, 0.29) is 18.1 Å². The van der Waals surface area contributed by atoms with Crippen LogP contribution in [0.1, 0.15) is 9.67 Å². The van der Waals surface area contributed by atoms with Crippen LogP contribution < -0.4 is 4.74 Å². The van der Waals surface area contributed by atoms with Crippen LogP contribution in [0.3, 0.4) is 0 Å². The average Bonchev–Trinajstić information content (AvgIpc) is 2.74. The molecule has 1 heterocycles. The van der Waals surface area contributed by atoms with Crippen LogP contribution >= 0.6 is 43.2 Å². The van der Waals surface area contributed by atoms with Gasteiger partial charge >= 0.3 is 0 Å². The van der Waals surface area contributed by atoms with E-state index >= 15 is 0 Å². The molecule has 2 aromatic rings. The van der Waals surface area contributed by atoms with E-state index in [1.807, 2.05) is 0 Å². The summed E-state index contributed by atoms with van der Waals surface area (Å²) in [7, 11) is 0. The summed E-state index contributed by atoms with van der Waals surface area (Å²) in [6, 6.07) is 6.22. The highest BCUT2D eigenvalue weighted by Crippen LogP contribution is 2.25. The molecular formula is C12H7Br2FO2S. The summed E-state index contributed by atoms with van der Waals surface area (Å²) in [5.41, 5.74) is 0. The third kappa shape index (κ3) is 3.18. The molecular weight excluding hydrogens is 387 g/mol. The molecule has 1 aromatic carbocycles. The number of hydrogen-bond donors (Lipinski definition) is 0. The monoisotopic (exact) mass is 392 g/mol. The van der Waals surface area contributed by atoms with Gasteiger partial charge in [0.1, 0.15) is 0 Å². The molecule has 0 aliphatic rings. The summed E-state index contributed by atoms with van der Waals surface area (Å²) in [6.07, 6.45) is 0. The van der Waals surface area contributed by atoms with Gasteiger partial charge in [0.25, 0.3) is 0 Å². The zero-order chi connectivity index (χ0) is 13.1. The highest BCUT2D eigenvalue weighted by atomic mass is 79.9. The Morgan fingerprint density at radius 2 is 2.11 bits per heavy atom. The Morgan fingerprint density at radius 1 is 1.33 bits per heavy atom. The minimum absolute atomic E-state index is 0.0687. The first-order valence-corrected chi connectivity index (χ1v) is 7.38. The smallest absolute Gasteiger partial charge is 0.211 e. The normalized spacial score (nSPS) is 10.4. The second-order valence-corrected chi connectivity index (χ2v) is 6.07. The van der Waals surface area contributed by atoms with E-state index in [1.165, 1.54) is 23.5 Å². The van der Waals surface area contributed by atoms with Gasteiger partial charge in [0, 0.05) is 8.95 Å². The molecule has 0 saturated heterocycles. The Hall–Kier alpha value is -0.720. The van der Waals surface area contributed by atoms with Crippen molar-refractivity contribution in [2.75, 3.05) is 6.61 Å². The molecule has 0 fully saturated rings. The first-order valence-electron chi connectivity index (χ1n) is 4.92. The molecule has 0 radical (unpaired) electrons. The summed E-state index contributed by atoms with van der Waals surface area (Å²) in [4.78, 5) is 12.4. The van der Waals surface area contributed by atoms with Gasteiger partial charge in [-0.1, -0.05) is 15.9 Å². The Kier molecular flexibility index (Phi) is 4.53. The molecule has 0 spiro atoms. The van der Waals surface area contributed by atoms with Gasteiger partial charge in [-0.15, -0.1) is 11.3 Å². The fourth-order valence-electron chi connectivity index (χ4n) is 1.29. The summed E-state index contributed by atoms with van der Waals surface area (Å²) >= 11 is 7.74. The number of ether oxygens (including phenoxy) is 1. The lowest BCUT2D eigenvalue weighted by molar-refractivity contribution is 0.0922. The van der Waals surface area contributed by atoms with Gasteiger partial charge in [-0.05, 0) is 45.6 Å². The van der Waals surface area contributed by atoms with Crippen molar-refractivity contribution in [3.05, 3.63) is 49.3 Å². The fraction of sp³-hybridized carbons (Fsp3) is 0.0833. The summed E-state index contributed by atoms with van der Waals surface area (Å²) in [5.74, 6) is -0.610. The van der Waals surface area contributed by atoms with Gasteiger partial charge < -0.3 is 4.74 Å². The molecule has 18 heavy (non-hydrogen) atoms. The Morgan fingerprint density at radius 3 is 2.72 bits per heavy atom. The van der Waals surface area contributed by atoms with Crippen LogP contribution in [0.15, 0.2) is 38.6 Å². The second kappa shape index (κ2) is 5.95. The molecule has 0 aliphatic heterocycles. The summed E-state index contributed by atoms with van der Waals surface area (Å²) in [5, 5.41) is 1.80. The maximum Gasteiger partial charge on any atom is 0.211 e.